The summed E-state index contributed by atoms with van der Waals surface area (Å²) in [5, 5.41) is 0. The van der Waals surface area contributed by atoms with Crippen LogP contribution in [-0.4, -0.2) is 17.8 Å². The van der Waals surface area contributed by atoms with Gasteiger partial charge in [-0.1, -0.05) is 30.3 Å². The average Bonchev–Trinajstić information content (AvgIpc) is 2.59. The van der Waals surface area contributed by atoms with Gasteiger partial charge in [0.05, 0.1) is 6.61 Å². The molecule has 1 nitrogen and oxygen atoms in total. The summed E-state index contributed by atoms with van der Waals surface area (Å²) >= 11 is 1.91. The fraction of sp³-hybridized carbons (Fsp3) is 0.400. The van der Waals surface area contributed by atoms with Gasteiger partial charge in [0.15, 0.2) is 0 Å². The van der Waals surface area contributed by atoms with Crippen LogP contribution < -0.4 is 0 Å². The van der Waals surface area contributed by atoms with Crippen molar-refractivity contribution in [3.63, 3.8) is 0 Å². The summed E-state index contributed by atoms with van der Waals surface area (Å²) in [5.41, 5.74) is 1.77. The quantitative estimate of drug-likeness (QED) is 0.690. The van der Waals surface area contributed by atoms with Gasteiger partial charge in [-0.15, -0.1) is 11.8 Å². The molecule has 1 aromatic carbocycles. The summed E-state index contributed by atoms with van der Waals surface area (Å²) in [6, 6.07) is 10.5. The number of rotatable bonds is 2. The monoisotopic (exact) mass is 180 g/mol. The Kier molecular flexibility index (Phi) is 2.69. The molecule has 1 atom stereocenters. The highest BCUT2D eigenvalue weighted by molar-refractivity contribution is 7.99. The molecule has 1 saturated heterocycles. The van der Waals surface area contributed by atoms with Crippen molar-refractivity contribution < 1.29 is 4.74 Å². The zero-order valence-corrected chi connectivity index (χ0v) is 7.72. The van der Waals surface area contributed by atoms with E-state index < -0.39 is 0 Å². The van der Waals surface area contributed by atoms with Crippen molar-refractivity contribution in [3.8, 4) is 0 Å². The van der Waals surface area contributed by atoms with Gasteiger partial charge >= 0.3 is 0 Å². The molecule has 1 heterocycles. The molecule has 0 amide bonds. The highest BCUT2D eigenvalue weighted by Crippen LogP contribution is 2.22. The Morgan fingerprint density at radius 1 is 1.33 bits per heavy atom. The molecule has 64 valence electrons. The van der Waals surface area contributed by atoms with Crippen molar-refractivity contribution in [2.24, 2.45) is 0 Å². The zero-order valence-electron chi connectivity index (χ0n) is 6.90. The van der Waals surface area contributed by atoms with Crippen LogP contribution in [0.2, 0.25) is 0 Å². The largest absolute Gasteiger partial charge is 0.366 e. The molecule has 12 heavy (non-hydrogen) atoms. The van der Waals surface area contributed by atoms with E-state index in [1.807, 2.05) is 17.8 Å². The third kappa shape index (κ3) is 2.02. The molecule has 0 N–H and O–H groups in total. The van der Waals surface area contributed by atoms with Gasteiger partial charge in [0.1, 0.15) is 5.44 Å². The summed E-state index contributed by atoms with van der Waals surface area (Å²) in [4.78, 5) is 0. The fourth-order valence-corrected chi connectivity index (χ4v) is 2.29. The predicted molar refractivity (Wildman–Crippen MR) is 52.3 cm³/mol. The minimum Gasteiger partial charge on any atom is -0.366 e. The number of hydrogen-bond acceptors (Lipinski definition) is 2. The van der Waals surface area contributed by atoms with Crippen LogP contribution >= 0.6 is 11.8 Å². The third-order valence-corrected chi connectivity index (χ3v) is 3.01. The molecule has 1 aromatic rings. The lowest BCUT2D eigenvalue weighted by Crippen LogP contribution is -2.04. The molecule has 1 fully saturated rings. The predicted octanol–water partition coefficient (Wildman–Crippen LogP) is 2.32. The maximum Gasteiger partial charge on any atom is 0.107 e. The first kappa shape index (κ1) is 8.14. The van der Waals surface area contributed by atoms with Crippen LogP contribution in [-0.2, 0) is 11.2 Å². The first-order valence-corrected chi connectivity index (χ1v) is 5.27. The van der Waals surface area contributed by atoms with Crippen molar-refractivity contribution in [2.75, 3.05) is 12.4 Å². The summed E-state index contributed by atoms with van der Waals surface area (Å²) in [6.45, 7) is 0.919. The molecule has 0 aliphatic carbocycles. The minimum absolute atomic E-state index is 0.396. The molecule has 2 heteroatoms. The molecule has 0 bridgehead atoms. The summed E-state index contributed by atoms with van der Waals surface area (Å²) < 4.78 is 5.52. The highest BCUT2D eigenvalue weighted by atomic mass is 32.2. The van der Waals surface area contributed by atoms with Gasteiger partial charge in [0, 0.05) is 12.2 Å². The van der Waals surface area contributed by atoms with Crippen LogP contribution in [0, 0.1) is 0 Å². The third-order valence-electron chi connectivity index (χ3n) is 1.94. The van der Waals surface area contributed by atoms with Crippen LogP contribution in [0.15, 0.2) is 30.3 Å². The number of thioether (sulfide) groups is 1. The molecule has 0 saturated carbocycles. The molecule has 0 spiro atoms. The van der Waals surface area contributed by atoms with Crippen molar-refractivity contribution in [1.82, 2.24) is 0 Å². The van der Waals surface area contributed by atoms with Crippen molar-refractivity contribution in [3.05, 3.63) is 35.9 Å². The fourth-order valence-electron chi connectivity index (χ4n) is 1.33. The van der Waals surface area contributed by atoms with E-state index in [0.717, 1.165) is 18.8 Å². The second-order valence-corrected chi connectivity index (χ2v) is 4.13. The summed E-state index contributed by atoms with van der Waals surface area (Å²) in [5.74, 6) is 1.15. The van der Waals surface area contributed by atoms with Gasteiger partial charge < -0.3 is 4.74 Å². The van der Waals surface area contributed by atoms with E-state index in [4.69, 9.17) is 4.74 Å². The van der Waals surface area contributed by atoms with Crippen LogP contribution in [0.1, 0.15) is 5.56 Å². The van der Waals surface area contributed by atoms with Crippen molar-refractivity contribution in [1.29, 1.82) is 0 Å². The van der Waals surface area contributed by atoms with Gasteiger partial charge in [-0.3, -0.25) is 0 Å². The van der Waals surface area contributed by atoms with Crippen molar-refractivity contribution in [2.45, 2.75) is 11.9 Å². The normalized spacial score (nSPS) is 22.8. The maximum absolute atomic E-state index is 5.52. The van der Waals surface area contributed by atoms with E-state index in [2.05, 4.69) is 24.3 Å². The minimum atomic E-state index is 0.396. The van der Waals surface area contributed by atoms with E-state index in [1.54, 1.807) is 0 Å². The molecule has 0 radical (unpaired) electrons. The summed E-state index contributed by atoms with van der Waals surface area (Å²) in [7, 11) is 0. The van der Waals surface area contributed by atoms with Gasteiger partial charge in [0.2, 0.25) is 0 Å². The second-order valence-electron chi connectivity index (χ2n) is 2.86. The Labute approximate surface area is 77.1 Å². The SMILES string of the molecule is c1ccc(CC2OCCS2)cc1. The Morgan fingerprint density at radius 3 is 2.83 bits per heavy atom. The lowest BCUT2D eigenvalue weighted by Gasteiger charge is -2.07. The van der Waals surface area contributed by atoms with Crippen LogP contribution in [0.3, 0.4) is 0 Å². The van der Waals surface area contributed by atoms with E-state index in [1.165, 1.54) is 5.56 Å². The van der Waals surface area contributed by atoms with Gasteiger partial charge in [-0.25, -0.2) is 0 Å². The van der Waals surface area contributed by atoms with Crippen LogP contribution in [0.4, 0.5) is 0 Å². The van der Waals surface area contributed by atoms with Gasteiger partial charge in [-0.05, 0) is 5.56 Å². The molecule has 1 aliphatic rings. The van der Waals surface area contributed by atoms with Crippen LogP contribution in [0.5, 0.6) is 0 Å². The van der Waals surface area contributed by atoms with E-state index in [-0.39, 0.29) is 0 Å². The molecular formula is C10H12OS. The smallest absolute Gasteiger partial charge is 0.107 e. The Morgan fingerprint density at radius 2 is 2.17 bits per heavy atom. The Bertz CT molecular complexity index is 229. The van der Waals surface area contributed by atoms with E-state index in [0.29, 0.717) is 5.44 Å². The lowest BCUT2D eigenvalue weighted by atomic mass is 10.2. The number of hydrogen-bond donors (Lipinski definition) is 0. The summed E-state index contributed by atoms with van der Waals surface area (Å²) in [6.07, 6.45) is 1.05. The van der Waals surface area contributed by atoms with E-state index >= 15 is 0 Å². The molecule has 1 aliphatic heterocycles. The number of benzene rings is 1. The Hall–Kier alpha value is -0.470. The molecular weight excluding hydrogens is 168 g/mol. The standard InChI is InChI=1S/C10H12OS/c1-2-4-9(5-3-1)8-10-11-6-7-12-10/h1-5,10H,6-8H2. The van der Waals surface area contributed by atoms with Gasteiger partial charge in [-0.2, -0.15) is 0 Å². The highest BCUT2D eigenvalue weighted by Gasteiger charge is 2.15. The Balaban J connectivity index is 1.94. The first-order valence-electron chi connectivity index (χ1n) is 4.22. The average molecular weight is 180 g/mol. The molecule has 2 rings (SSSR count). The lowest BCUT2D eigenvalue weighted by molar-refractivity contribution is 0.143. The molecule has 0 aromatic heterocycles. The first-order chi connectivity index (χ1) is 5.95. The van der Waals surface area contributed by atoms with Crippen molar-refractivity contribution >= 4 is 11.8 Å². The van der Waals surface area contributed by atoms with Crippen LogP contribution in [0.25, 0.3) is 0 Å². The van der Waals surface area contributed by atoms with Gasteiger partial charge in [0.25, 0.3) is 0 Å². The topological polar surface area (TPSA) is 9.23 Å². The van der Waals surface area contributed by atoms with E-state index in [9.17, 15) is 0 Å². The number of ether oxygens (including phenoxy) is 1. The maximum atomic E-state index is 5.52. The second kappa shape index (κ2) is 3.97. The molecule has 1 unspecified atom stereocenters. The zero-order chi connectivity index (χ0) is 8.23.